The maximum Gasteiger partial charge on any atom is 0.224 e. The summed E-state index contributed by atoms with van der Waals surface area (Å²) in [4.78, 5) is 12.3. The van der Waals surface area contributed by atoms with Gasteiger partial charge in [0, 0.05) is 12.1 Å². The predicted octanol–water partition coefficient (Wildman–Crippen LogP) is 4.84. The van der Waals surface area contributed by atoms with Crippen LogP contribution in [-0.4, -0.2) is 22.8 Å². The number of benzene rings is 2. The van der Waals surface area contributed by atoms with Crippen LogP contribution in [0.2, 0.25) is 0 Å². The number of unbranched alkanes of at least 4 members (excludes halogenated alkanes) is 1. The molecular weight excluding hydrogens is 370 g/mol. The lowest BCUT2D eigenvalue weighted by atomic mass is 9.87. The third-order valence-corrected chi connectivity index (χ3v) is 6.41. The molecule has 0 radical (unpaired) electrons. The molecule has 1 atom stereocenters. The highest BCUT2D eigenvalue weighted by atomic mass is 32.2. The molecule has 1 heterocycles. The van der Waals surface area contributed by atoms with E-state index in [0.29, 0.717) is 18.8 Å². The first-order valence-electron chi connectivity index (χ1n) is 9.87. The van der Waals surface area contributed by atoms with Gasteiger partial charge in [0.05, 0.1) is 6.61 Å². The summed E-state index contributed by atoms with van der Waals surface area (Å²) >= 11 is -0.967. The fourth-order valence-electron chi connectivity index (χ4n) is 3.20. The van der Waals surface area contributed by atoms with Gasteiger partial charge in [0.15, 0.2) is 4.90 Å². The average Bonchev–Trinajstić information content (AvgIpc) is 2.67. The molecule has 5 heteroatoms. The second-order valence-electron chi connectivity index (χ2n) is 8.25. The predicted molar refractivity (Wildman–Crippen MR) is 115 cm³/mol. The van der Waals surface area contributed by atoms with Crippen LogP contribution in [0.3, 0.4) is 0 Å². The Morgan fingerprint density at radius 1 is 1.07 bits per heavy atom. The molecule has 1 aliphatic heterocycles. The molecule has 2 aromatic rings. The first-order valence-corrected chi connectivity index (χ1v) is 11.2. The number of carbonyl (C=O) groups excluding carboxylic acids is 1. The van der Waals surface area contributed by atoms with Crippen LogP contribution >= 0.6 is 0 Å². The summed E-state index contributed by atoms with van der Waals surface area (Å²) in [5.41, 5.74) is 3.37. The van der Waals surface area contributed by atoms with Crippen molar-refractivity contribution in [1.29, 1.82) is 0 Å². The van der Waals surface area contributed by atoms with E-state index in [2.05, 4.69) is 38.2 Å². The quantitative estimate of drug-likeness (QED) is 0.535. The van der Waals surface area contributed by atoms with Crippen molar-refractivity contribution in [3.8, 4) is 5.75 Å². The van der Waals surface area contributed by atoms with Crippen molar-refractivity contribution in [2.24, 2.45) is 0 Å². The van der Waals surface area contributed by atoms with E-state index in [1.54, 1.807) is 0 Å². The van der Waals surface area contributed by atoms with E-state index in [1.807, 2.05) is 30.3 Å². The number of anilines is 1. The van der Waals surface area contributed by atoms with Gasteiger partial charge in [-0.15, -0.1) is 0 Å². The summed E-state index contributed by atoms with van der Waals surface area (Å²) in [7, 11) is 0. The van der Waals surface area contributed by atoms with Crippen LogP contribution < -0.4 is 10.1 Å². The van der Waals surface area contributed by atoms with Crippen LogP contribution in [0.4, 0.5) is 5.69 Å². The zero-order chi connectivity index (χ0) is 20.1. The van der Waals surface area contributed by atoms with Crippen molar-refractivity contribution in [2.75, 3.05) is 17.7 Å². The molecule has 1 amide bonds. The van der Waals surface area contributed by atoms with Crippen molar-refractivity contribution in [1.82, 2.24) is 0 Å². The molecule has 0 fully saturated rings. The first-order chi connectivity index (χ1) is 13.3. The molecule has 0 bridgehead atoms. The summed E-state index contributed by atoms with van der Waals surface area (Å²) in [6, 6.07) is 13.9. The molecule has 0 spiro atoms. The van der Waals surface area contributed by atoms with Crippen molar-refractivity contribution >= 4 is 22.8 Å². The number of aryl methyl sites for hydroxylation is 1. The fraction of sp³-hybridized carbons (Fsp3) is 0.435. The van der Waals surface area contributed by atoms with Gasteiger partial charge in [-0.1, -0.05) is 32.9 Å². The molecule has 0 saturated carbocycles. The average molecular weight is 400 g/mol. The lowest BCUT2D eigenvalue weighted by molar-refractivity contribution is -0.116. The van der Waals surface area contributed by atoms with E-state index < -0.39 is 11.2 Å². The highest BCUT2D eigenvalue weighted by Gasteiger charge is 2.17. The highest BCUT2D eigenvalue weighted by Crippen LogP contribution is 2.27. The van der Waals surface area contributed by atoms with E-state index in [-0.39, 0.29) is 11.3 Å². The van der Waals surface area contributed by atoms with E-state index in [9.17, 15) is 9.35 Å². The molecular formula is C23H29NO3S. The molecule has 0 aliphatic carbocycles. The minimum atomic E-state index is -0.967. The Labute approximate surface area is 170 Å². The van der Waals surface area contributed by atoms with E-state index in [1.165, 1.54) is 5.56 Å². The van der Waals surface area contributed by atoms with E-state index >= 15 is 0 Å². The van der Waals surface area contributed by atoms with Gasteiger partial charge in [-0.05, 0) is 77.3 Å². The van der Waals surface area contributed by atoms with E-state index in [0.717, 1.165) is 41.2 Å². The smallest absolute Gasteiger partial charge is 0.224 e. The number of amides is 1. The first kappa shape index (κ1) is 20.7. The molecule has 1 unspecified atom stereocenters. The van der Waals surface area contributed by atoms with Gasteiger partial charge in [-0.3, -0.25) is 4.79 Å². The lowest BCUT2D eigenvalue weighted by Crippen LogP contribution is -2.18. The Morgan fingerprint density at radius 2 is 1.82 bits per heavy atom. The van der Waals surface area contributed by atoms with Gasteiger partial charge in [-0.25, -0.2) is 0 Å². The van der Waals surface area contributed by atoms with Crippen LogP contribution in [0, 0.1) is 0 Å². The largest absolute Gasteiger partial charge is 0.611 e. The van der Waals surface area contributed by atoms with Crippen LogP contribution in [0.25, 0.3) is 0 Å². The van der Waals surface area contributed by atoms with Gasteiger partial charge in [0.1, 0.15) is 11.5 Å². The normalized spacial score (nSPS) is 14.9. The third-order valence-electron chi connectivity index (χ3n) is 4.95. The molecule has 150 valence electrons. The summed E-state index contributed by atoms with van der Waals surface area (Å²) in [5, 5.41) is 2.87. The zero-order valence-corrected chi connectivity index (χ0v) is 17.7. The molecule has 1 N–H and O–H groups in total. The Hall–Kier alpha value is -1.98. The maximum atomic E-state index is 12.5. The number of rotatable bonds is 7. The Balaban J connectivity index is 1.40. The number of nitrogens with one attached hydrogen (secondary N) is 1. The number of hydrogen-bond acceptors (Lipinski definition) is 3. The summed E-state index contributed by atoms with van der Waals surface area (Å²) in [6.45, 7) is 7.14. The lowest BCUT2D eigenvalue weighted by Gasteiger charge is -2.19. The SMILES string of the molecule is CC(C)(C)c1ccc([S+]([O-])CCCCOc2ccc3c(c2)CCC(=O)N3)cc1. The molecule has 0 aromatic heterocycles. The van der Waals surface area contributed by atoms with Crippen molar-refractivity contribution in [2.45, 2.75) is 56.8 Å². The van der Waals surface area contributed by atoms with Crippen LogP contribution in [0.5, 0.6) is 5.75 Å². The number of ether oxygens (including phenoxy) is 1. The molecule has 4 nitrogen and oxygen atoms in total. The minimum absolute atomic E-state index is 0.0715. The van der Waals surface area contributed by atoms with Crippen molar-refractivity contribution in [3.05, 3.63) is 53.6 Å². The number of carbonyl (C=O) groups is 1. The van der Waals surface area contributed by atoms with Gasteiger partial charge < -0.3 is 14.6 Å². The Kier molecular flexibility index (Phi) is 6.68. The summed E-state index contributed by atoms with van der Waals surface area (Å²) < 4.78 is 18.3. The molecule has 3 rings (SSSR count). The topological polar surface area (TPSA) is 61.4 Å². The zero-order valence-electron chi connectivity index (χ0n) is 16.9. The maximum absolute atomic E-state index is 12.5. The molecule has 1 aliphatic rings. The van der Waals surface area contributed by atoms with Gasteiger partial charge in [0.2, 0.25) is 5.91 Å². The number of hydrogen-bond donors (Lipinski definition) is 1. The minimum Gasteiger partial charge on any atom is -0.611 e. The van der Waals surface area contributed by atoms with Crippen LogP contribution in [0.1, 0.15) is 51.2 Å². The van der Waals surface area contributed by atoms with Crippen molar-refractivity contribution in [3.63, 3.8) is 0 Å². The second kappa shape index (κ2) is 9.01. The fourth-order valence-corrected chi connectivity index (χ4v) is 4.34. The second-order valence-corrected chi connectivity index (χ2v) is 9.82. The van der Waals surface area contributed by atoms with Crippen LogP contribution in [-0.2, 0) is 27.8 Å². The molecule has 28 heavy (non-hydrogen) atoms. The van der Waals surface area contributed by atoms with Gasteiger partial charge in [-0.2, -0.15) is 0 Å². The number of fused-ring (bicyclic) bond motifs is 1. The summed E-state index contributed by atoms with van der Waals surface area (Å²) in [5.74, 6) is 1.55. The highest BCUT2D eigenvalue weighted by molar-refractivity contribution is 7.91. The van der Waals surface area contributed by atoms with Gasteiger partial charge in [0.25, 0.3) is 0 Å². The monoisotopic (exact) mass is 399 g/mol. The van der Waals surface area contributed by atoms with Crippen LogP contribution in [0.15, 0.2) is 47.4 Å². The van der Waals surface area contributed by atoms with E-state index in [4.69, 9.17) is 4.74 Å². The molecule has 2 aromatic carbocycles. The summed E-state index contributed by atoms with van der Waals surface area (Å²) in [6.07, 6.45) is 3.00. The third kappa shape index (κ3) is 5.52. The van der Waals surface area contributed by atoms with Gasteiger partial charge >= 0.3 is 0 Å². The molecule has 0 saturated heterocycles. The Morgan fingerprint density at radius 3 is 2.54 bits per heavy atom. The van der Waals surface area contributed by atoms with Crippen molar-refractivity contribution < 1.29 is 14.1 Å². The standard InChI is InChI=1S/C23H29NO3S/c1-23(2,3)18-7-10-20(11-8-18)28(26)15-5-4-14-27-19-9-12-21-17(16-19)6-13-22(25)24-21/h7-12,16H,4-6,13-15H2,1-3H3,(H,24,25). The Bertz CT molecular complexity index is 812.